The topological polar surface area (TPSA) is 50.4 Å². The standard InChI is InChI=1S/C5H8F3N3/c1-4(5(6,7)8)2-10-3(9)11-4/h2H2,1H3,(H3,9,10,11)/t4-/m1/s1. The van der Waals surface area contributed by atoms with Crippen LogP contribution in [0.4, 0.5) is 13.2 Å². The van der Waals surface area contributed by atoms with Crippen LogP contribution >= 0.6 is 0 Å². The Morgan fingerprint density at radius 2 is 2.18 bits per heavy atom. The SMILES string of the molecule is C[C@]1(C(F)(F)F)CN=C(N)N1. The van der Waals surface area contributed by atoms with E-state index in [1.165, 1.54) is 0 Å². The second-order valence-electron chi connectivity index (χ2n) is 2.66. The van der Waals surface area contributed by atoms with E-state index in [1.54, 1.807) is 0 Å². The van der Waals surface area contributed by atoms with E-state index in [0.717, 1.165) is 6.92 Å². The van der Waals surface area contributed by atoms with E-state index in [4.69, 9.17) is 5.73 Å². The first-order chi connectivity index (χ1) is 4.85. The summed E-state index contributed by atoms with van der Waals surface area (Å²) in [5.41, 5.74) is 3.07. The molecule has 64 valence electrons. The maximum Gasteiger partial charge on any atom is 0.413 e. The number of alkyl halides is 3. The average molecular weight is 167 g/mol. The molecule has 0 saturated carbocycles. The largest absolute Gasteiger partial charge is 0.413 e. The van der Waals surface area contributed by atoms with Crippen LogP contribution in [0, 0.1) is 0 Å². The molecule has 1 rings (SSSR count). The molecular formula is C5H8F3N3. The van der Waals surface area contributed by atoms with Gasteiger partial charge in [0.1, 0.15) is 0 Å². The van der Waals surface area contributed by atoms with E-state index in [-0.39, 0.29) is 12.5 Å². The molecule has 0 radical (unpaired) electrons. The summed E-state index contributed by atoms with van der Waals surface area (Å²) in [6, 6.07) is 0. The second-order valence-corrected chi connectivity index (χ2v) is 2.66. The fourth-order valence-corrected chi connectivity index (χ4v) is 0.766. The highest BCUT2D eigenvalue weighted by Gasteiger charge is 2.53. The van der Waals surface area contributed by atoms with Crippen LogP contribution in [0.5, 0.6) is 0 Å². The Kier molecular flexibility index (Phi) is 1.50. The smallest absolute Gasteiger partial charge is 0.370 e. The normalized spacial score (nSPS) is 31.5. The Morgan fingerprint density at radius 3 is 2.36 bits per heavy atom. The summed E-state index contributed by atoms with van der Waals surface area (Å²) in [6.07, 6.45) is -4.31. The highest BCUT2D eigenvalue weighted by Crippen LogP contribution is 2.31. The van der Waals surface area contributed by atoms with Crippen LogP contribution in [-0.2, 0) is 0 Å². The first-order valence-electron chi connectivity index (χ1n) is 3.00. The van der Waals surface area contributed by atoms with Crippen LogP contribution in [0.25, 0.3) is 0 Å². The Morgan fingerprint density at radius 1 is 1.64 bits per heavy atom. The Labute approximate surface area is 61.5 Å². The van der Waals surface area contributed by atoms with Crippen LogP contribution in [0.2, 0.25) is 0 Å². The minimum Gasteiger partial charge on any atom is -0.370 e. The molecule has 0 aromatic rings. The van der Waals surface area contributed by atoms with Crippen molar-refractivity contribution in [3.8, 4) is 0 Å². The number of hydrogen-bond donors (Lipinski definition) is 2. The zero-order chi connectivity index (χ0) is 8.70. The van der Waals surface area contributed by atoms with Crippen molar-refractivity contribution < 1.29 is 13.2 Å². The minimum atomic E-state index is -4.31. The fourth-order valence-electron chi connectivity index (χ4n) is 0.766. The molecule has 3 nitrogen and oxygen atoms in total. The highest BCUT2D eigenvalue weighted by molar-refractivity contribution is 5.80. The van der Waals surface area contributed by atoms with Gasteiger partial charge >= 0.3 is 6.18 Å². The summed E-state index contributed by atoms with van der Waals surface area (Å²) in [6.45, 7) is 0.679. The molecule has 0 amide bonds. The van der Waals surface area contributed by atoms with Crippen molar-refractivity contribution in [2.24, 2.45) is 10.7 Å². The zero-order valence-electron chi connectivity index (χ0n) is 5.87. The predicted octanol–water partition coefficient (Wildman–Crippen LogP) is 0.225. The zero-order valence-corrected chi connectivity index (χ0v) is 5.87. The monoisotopic (exact) mass is 167 g/mol. The van der Waals surface area contributed by atoms with Gasteiger partial charge in [-0.25, -0.2) is 0 Å². The van der Waals surface area contributed by atoms with Crippen molar-refractivity contribution in [1.82, 2.24) is 5.32 Å². The third-order valence-corrected chi connectivity index (χ3v) is 1.60. The number of aliphatic imine (C=N–C) groups is 1. The summed E-state index contributed by atoms with van der Waals surface area (Å²) >= 11 is 0. The molecule has 0 spiro atoms. The predicted molar refractivity (Wildman–Crippen MR) is 34.1 cm³/mol. The summed E-state index contributed by atoms with van der Waals surface area (Å²) < 4.78 is 36.4. The number of guanidine groups is 1. The molecule has 0 unspecified atom stereocenters. The first-order valence-corrected chi connectivity index (χ1v) is 3.00. The van der Waals surface area contributed by atoms with Gasteiger partial charge in [-0.1, -0.05) is 0 Å². The summed E-state index contributed by atoms with van der Waals surface area (Å²) in [4.78, 5) is 3.42. The third-order valence-electron chi connectivity index (χ3n) is 1.60. The van der Waals surface area contributed by atoms with Crippen LogP contribution in [0.15, 0.2) is 4.99 Å². The molecule has 1 heterocycles. The van der Waals surface area contributed by atoms with Gasteiger partial charge in [0, 0.05) is 0 Å². The third kappa shape index (κ3) is 1.24. The number of nitrogens with one attached hydrogen (secondary N) is 1. The molecule has 0 fully saturated rings. The van der Waals surface area contributed by atoms with Crippen molar-refractivity contribution in [2.45, 2.75) is 18.6 Å². The van der Waals surface area contributed by atoms with Gasteiger partial charge in [-0.3, -0.25) is 4.99 Å². The van der Waals surface area contributed by atoms with E-state index >= 15 is 0 Å². The van der Waals surface area contributed by atoms with E-state index in [0.29, 0.717) is 0 Å². The Balaban J connectivity index is 2.74. The maximum absolute atomic E-state index is 12.1. The summed E-state index contributed by atoms with van der Waals surface area (Å²) in [5.74, 6) is -0.148. The number of hydrogen-bond acceptors (Lipinski definition) is 3. The molecule has 1 atom stereocenters. The lowest BCUT2D eigenvalue weighted by Crippen LogP contribution is -2.56. The Hall–Kier alpha value is -0.940. The van der Waals surface area contributed by atoms with Crippen LogP contribution in [0.1, 0.15) is 6.92 Å². The van der Waals surface area contributed by atoms with Gasteiger partial charge in [0.15, 0.2) is 11.5 Å². The van der Waals surface area contributed by atoms with Crippen molar-refractivity contribution in [3.05, 3.63) is 0 Å². The van der Waals surface area contributed by atoms with Gasteiger partial charge in [-0.05, 0) is 6.92 Å². The van der Waals surface area contributed by atoms with Gasteiger partial charge in [-0.2, -0.15) is 13.2 Å². The second kappa shape index (κ2) is 2.02. The van der Waals surface area contributed by atoms with Crippen LogP contribution in [0.3, 0.4) is 0 Å². The molecule has 3 N–H and O–H groups in total. The highest BCUT2D eigenvalue weighted by atomic mass is 19.4. The van der Waals surface area contributed by atoms with Crippen molar-refractivity contribution >= 4 is 5.96 Å². The van der Waals surface area contributed by atoms with E-state index in [9.17, 15) is 13.2 Å². The molecule has 1 aliphatic heterocycles. The summed E-state index contributed by atoms with van der Waals surface area (Å²) in [7, 11) is 0. The molecule has 0 aromatic heterocycles. The van der Waals surface area contributed by atoms with E-state index in [2.05, 4.69) is 10.3 Å². The molecule has 11 heavy (non-hydrogen) atoms. The van der Waals surface area contributed by atoms with Gasteiger partial charge in [0.25, 0.3) is 0 Å². The molecule has 1 aliphatic rings. The average Bonchev–Trinajstić information content (AvgIpc) is 2.10. The molecule has 6 heteroatoms. The molecule has 0 saturated heterocycles. The maximum atomic E-state index is 12.1. The Bertz CT molecular complexity index is 198. The van der Waals surface area contributed by atoms with Crippen molar-refractivity contribution in [2.75, 3.05) is 6.54 Å². The van der Waals surface area contributed by atoms with Crippen molar-refractivity contribution in [1.29, 1.82) is 0 Å². The molecular weight excluding hydrogens is 159 g/mol. The quantitative estimate of drug-likeness (QED) is 0.542. The van der Waals surface area contributed by atoms with E-state index in [1.807, 2.05) is 0 Å². The lowest BCUT2D eigenvalue weighted by molar-refractivity contribution is -0.181. The van der Waals surface area contributed by atoms with Gasteiger partial charge in [0.2, 0.25) is 0 Å². The fraction of sp³-hybridized carbons (Fsp3) is 0.800. The van der Waals surface area contributed by atoms with Crippen LogP contribution < -0.4 is 11.1 Å². The first kappa shape index (κ1) is 8.16. The number of nitrogens with two attached hydrogens (primary N) is 1. The lowest BCUT2D eigenvalue weighted by atomic mass is 10.0. The number of nitrogens with zero attached hydrogens (tertiary/aromatic N) is 1. The van der Waals surface area contributed by atoms with Gasteiger partial charge in [-0.15, -0.1) is 0 Å². The van der Waals surface area contributed by atoms with Gasteiger partial charge < -0.3 is 11.1 Å². The molecule has 0 aliphatic carbocycles. The molecule has 0 aromatic carbocycles. The molecule has 0 bridgehead atoms. The minimum absolute atomic E-state index is 0.148. The summed E-state index contributed by atoms with van der Waals surface area (Å²) in [5, 5.41) is 2.07. The van der Waals surface area contributed by atoms with Gasteiger partial charge in [0.05, 0.1) is 6.54 Å². The van der Waals surface area contributed by atoms with E-state index < -0.39 is 11.7 Å². The number of halogens is 3. The van der Waals surface area contributed by atoms with Crippen LogP contribution in [-0.4, -0.2) is 24.2 Å². The van der Waals surface area contributed by atoms with Crippen molar-refractivity contribution in [3.63, 3.8) is 0 Å². The number of rotatable bonds is 0. The lowest BCUT2D eigenvalue weighted by Gasteiger charge is -2.26.